The minimum Gasteiger partial charge on any atom is -0.497 e. The lowest BCUT2D eigenvalue weighted by atomic mass is 10.1. The van der Waals surface area contributed by atoms with E-state index in [0.717, 1.165) is 23.9 Å². The molecule has 1 unspecified atom stereocenters. The highest BCUT2D eigenvalue weighted by molar-refractivity contribution is 7.80. The van der Waals surface area contributed by atoms with Crippen LogP contribution in [0.2, 0.25) is 0 Å². The Morgan fingerprint density at radius 3 is 2.31 bits per heavy atom. The Kier molecular flexibility index (Phi) is 6.16. The van der Waals surface area contributed by atoms with Crippen LogP contribution in [-0.4, -0.2) is 19.5 Å². The fourth-order valence-electron chi connectivity index (χ4n) is 1.52. The van der Waals surface area contributed by atoms with Crippen LogP contribution in [0, 0.1) is 5.92 Å². The van der Waals surface area contributed by atoms with Crippen LogP contribution in [0.1, 0.15) is 19.8 Å². The Bertz CT molecular complexity index is 284. The molecule has 0 spiro atoms. The third-order valence-electron chi connectivity index (χ3n) is 2.50. The second kappa shape index (κ2) is 7.44. The van der Waals surface area contributed by atoms with Gasteiger partial charge in [-0.25, -0.2) is 0 Å². The maximum Gasteiger partial charge on any atom is 0.119 e. The first-order chi connectivity index (χ1) is 7.80. The van der Waals surface area contributed by atoms with Gasteiger partial charge in [-0.1, -0.05) is 13.3 Å². The average Bonchev–Trinajstić information content (AvgIpc) is 2.35. The normalized spacial score (nSPS) is 12.2. The molecule has 2 nitrogen and oxygen atoms in total. The fourth-order valence-corrected chi connectivity index (χ4v) is 1.81. The molecule has 0 aliphatic heterocycles. The lowest BCUT2D eigenvalue weighted by molar-refractivity contribution is 0.254. The highest BCUT2D eigenvalue weighted by Crippen LogP contribution is 2.18. The predicted octanol–water partition coefficient (Wildman–Crippen LogP) is 3.42. The van der Waals surface area contributed by atoms with E-state index in [1.165, 1.54) is 12.8 Å². The summed E-state index contributed by atoms with van der Waals surface area (Å²) in [5, 5.41) is 0. The van der Waals surface area contributed by atoms with Crippen LogP contribution in [0.5, 0.6) is 11.5 Å². The predicted molar refractivity (Wildman–Crippen MR) is 70.7 cm³/mol. The minimum atomic E-state index is 0.537. The molecule has 0 aliphatic carbocycles. The van der Waals surface area contributed by atoms with Crippen LogP contribution >= 0.6 is 12.6 Å². The van der Waals surface area contributed by atoms with Gasteiger partial charge in [0.05, 0.1) is 13.7 Å². The van der Waals surface area contributed by atoms with Crippen molar-refractivity contribution in [3.8, 4) is 11.5 Å². The molecule has 1 rings (SSSR count). The van der Waals surface area contributed by atoms with E-state index < -0.39 is 0 Å². The molecule has 90 valence electrons. The van der Waals surface area contributed by atoms with Crippen LogP contribution in [0.25, 0.3) is 0 Å². The summed E-state index contributed by atoms with van der Waals surface area (Å²) in [5.41, 5.74) is 0. The number of rotatable bonds is 7. The van der Waals surface area contributed by atoms with Crippen molar-refractivity contribution in [1.29, 1.82) is 0 Å². The molecule has 0 fully saturated rings. The number of ether oxygens (including phenoxy) is 2. The van der Waals surface area contributed by atoms with E-state index in [-0.39, 0.29) is 0 Å². The van der Waals surface area contributed by atoms with E-state index >= 15 is 0 Å². The van der Waals surface area contributed by atoms with Crippen LogP contribution < -0.4 is 9.47 Å². The van der Waals surface area contributed by atoms with E-state index in [4.69, 9.17) is 9.47 Å². The lowest BCUT2D eigenvalue weighted by Gasteiger charge is -2.14. The molecule has 16 heavy (non-hydrogen) atoms. The number of thiol groups is 1. The summed E-state index contributed by atoms with van der Waals surface area (Å²) in [6.07, 6.45) is 2.34. The standard InChI is InChI=1S/C13H20O2S/c1-3-4-11(10-16)9-15-13-7-5-12(14-2)6-8-13/h5-8,11,16H,3-4,9-10H2,1-2H3. The zero-order chi connectivity index (χ0) is 11.8. The Morgan fingerprint density at radius 2 is 1.81 bits per heavy atom. The zero-order valence-corrected chi connectivity index (χ0v) is 10.9. The van der Waals surface area contributed by atoms with Crippen molar-refractivity contribution in [2.45, 2.75) is 19.8 Å². The summed E-state index contributed by atoms with van der Waals surface area (Å²) in [6.45, 7) is 2.92. The van der Waals surface area contributed by atoms with Crippen LogP contribution in [0.3, 0.4) is 0 Å². The molecular weight excluding hydrogens is 220 g/mol. The first kappa shape index (κ1) is 13.2. The van der Waals surface area contributed by atoms with Gasteiger partial charge in [-0.2, -0.15) is 12.6 Å². The topological polar surface area (TPSA) is 18.5 Å². The molecular formula is C13H20O2S. The molecule has 0 N–H and O–H groups in total. The van der Waals surface area contributed by atoms with Gasteiger partial charge in [0, 0.05) is 5.92 Å². The molecule has 1 atom stereocenters. The van der Waals surface area contributed by atoms with E-state index in [0.29, 0.717) is 5.92 Å². The lowest BCUT2D eigenvalue weighted by Crippen LogP contribution is -2.13. The summed E-state index contributed by atoms with van der Waals surface area (Å²) >= 11 is 4.33. The van der Waals surface area contributed by atoms with Crippen molar-refractivity contribution in [1.82, 2.24) is 0 Å². The molecule has 0 heterocycles. The van der Waals surface area contributed by atoms with Crippen molar-refractivity contribution >= 4 is 12.6 Å². The number of benzene rings is 1. The summed E-state index contributed by atoms with van der Waals surface area (Å²) in [6, 6.07) is 7.68. The van der Waals surface area contributed by atoms with Gasteiger partial charge in [0.2, 0.25) is 0 Å². The first-order valence-corrected chi connectivity index (χ1v) is 6.31. The zero-order valence-electron chi connectivity index (χ0n) is 9.98. The molecule has 0 radical (unpaired) electrons. The maximum absolute atomic E-state index is 5.71. The Morgan fingerprint density at radius 1 is 1.19 bits per heavy atom. The highest BCUT2D eigenvalue weighted by atomic mass is 32.1. The van der Waals surface area contributed by atoms with E-state index in [1.54, 1.807) is 7.11 Å². The second-order valence-electron chi connectivity index (χ2n) is 3.82. The summed E-state index contributed by atoms with van der Waals surface area (Å²) in [7, 11) is 1.66. The van der Waals surface area contributed by atoms with Gasteiger partial charge >= 0.3 is 0 Å². The second-order valence-corrected chi connectivity index (χ2v) is 4.19. The van der Waals surface area contributed by atoms with Gasteiger partial charge < -0.3 is 9.47 Å². The van der Waals surface area contributed by atoms with Crippen molar-refractivity contribution < 1.29 is 9.47 Å². The molecule has 0 amide bonds. The minimum absolute atomic E-state index is 0.537. The van der Waals surface area contributed by atoms with Crippen molar-refractivity contribution in [2.75, 3.05) is 19.5 Å². The van der Waals surface area contributed by atoms with Gasteiger partial charge in [0.15, 0.2) is 0 Å². The molecule has 1 aromatic rings. The largest absolute Gasteiger partial charge is 0.497 e. The van der Waals surface area contributed by atoms with E-state index in [2.05, 4.69) is 19.6 Å². The monoisotopic (exact) mass is 240 g/mol. The van der Waals surface area contributed by atoms with Gasteiger partial charge in [-0.15, -0.1) is 0 Å². The number of hydrogen-bond donors (Lipinski definition) is 1. The van der Waals surface area contributed by atoms with Crippen molar-refractivity contribution in [3.63, 3.8) is 0 Å². The first-order valence-electron chi connectivity index (χ1n) is 5.67. The number of methoxy groups -OCH3 is 1. The highest BCUT2D eigenvalue weighted by Gasteiger charge is 2.06. The molecule has 0 bridgehead atoms. The molecule has 0 aliphatic rings. The average molecular weight is 240 g/mol. The SMILES string of the molecule is CCCC(CS)COc1ccc(OC)cc1. The van der Waals surface area contributed by atoms with Crippen LogP contribution in [0.4, 0.5) is 0 Å². The molecule has 0 aromatic heterocycles. The molecule has 1 aromatic carbocycles. The molecule has 0 saturated heterocycles. The Labute approximate surface area is 103 Å². The summed E-state index contributed by atoms with van der Waals surface area (Å²) in [4.78, 5) is 0. The van der Waals surface area contributed by atoms with Gasteiger partial charge in [0.25, 0.3) is 0 Å². The van der Waals surface area contributed by atoms with Crippen molar-refractivity contribution in [2.24, 2.45) is 5.92 Å². The maximum atomic E-state index is 5.71. The van der Waals surface area contributed by atoms with Crippen LogP contribution in [-0.2, 0) is 0 Å². The molecule has 3 heteroatoms. The third kappa shape index (κ3) is 4.35. The smallest absolute Gasteiger partial charge is 0.119 e. The van der Waals surface area contributed by atoms with E-state index in [9.17, 15) is 0 Å². The molecule has 0 saturated carbocycles. The van der Waals surface area contributed by atoms with Gasteiger partial charge in [-0.05, 0) is 36.4 Å². The Balaban J connectivity index is 2.40. The third-order valence-corrected chi connectivity index (χ3v) is 3.02. The van der Waals surface area contributed by atoms with Crippen LogP contribution in [0.15, 0.2) is 24.3 Å². The van der Waals surface area contributed by atoms with E-state index in [1.807, 2.05) is 24.3 Å². The summed E-state index contributed by atoms with van der Waals surface area (Å²) in [5.74, 6) is 3.16. The van der Waals surface area contributed by atoms with Gasteiger partial charge in [0.1, 0.15) is 11.5 Å². The number of hydrogen-bond acceptors (Lipinski definition) is 3. The summed E-state index contributed by atoms with van der Waals surface area (Å²) < 4.78 is 10.8. The quantitative estimate of drug-likeness (QED) is 0.736. The van der Waals surface area contributed by atoms with Crippen molar-refractivity contribution in [3.05, 3.63) is 24.3 Å². The van der Waals surface area contributed by atoms with Gasteiger partial charge in [-0.3, -0.25) is 0 Å². The Hall–Kier alpha value is -0.830. The fraction of sp³-hybridized carbons (Fsp3) is 0.538.